The number of alkyl halides is 3. The number of aromatic nitrogens is 1. The molecule has 0 radical (unpaired) electrons. The van der Waals surface area contributed by atoms with Crippen LogP contribution in [0.15, 0.2) is 103 Å². The van der Waals surface area contributed by atoms with E-state index in [1.54, 1.807) is 30.3 Å². The van der Waals surface area contributed by atoms with Crippen LogP contribution in [0.4, 0.5) is 18.9 Å². The minimum Gasteiger partial charge on any atom is -0.480 e. The number of hydrogen-bond donors (Lipinski definition) is 3. The molecule has 5 aromatic rings. The lowest BCUT2D eigenvalue weighted by Gasteiger charge is -2.17. The van der Waals surface area contributed by atoms with Crippen molar-refractivity contribution in [2.75, 3.05) is 11.9 Å². The molecule has 1 heterocycles. The second kappa shape index (κ2) is 12.1. The molecular formula is C33H26F3N3O3. The van der Waals surface area contributed by atoms with Crippen LogP contribution in [0, 0.1) is 0 Å². The third-order valence-corrected chi connectivity index (χ3v) is 6.78. The van der Waals surface area contributed by atoms with Gasteiger partial charge in [0.05, 0.1) is 11.1 Å². The fourth-order valence-corrected chi connectivity index (χ4v) is 4.80. The second-order valence-corrected chi connectivity index (χ2v) is 9.73. The number of carbonyl (C=O) groups is 2. The molecule has 6 nitrogen and oxygen atoms in total. The zero-order valence-electron chi connectivity index (χ0n) is 22.3. The quantitative estimate of drug-likeness (QED) is 0.179. The molecule has 0 aliphatic rings. The Morgan fingerprint density at radius 1 is 0.833 bits per heavy atom. The van der Waals surface area contributed by atoms with Gasteiger partial charge in [0.15, 0.2) is 0 Å². The molecule has 0 spiro atoms. The van der Waals surface area contributed by atoms with Crippen LogP contribution in [0.3, 0.4) is 0 Å². The Labute approximate surface area is 239 Å². The first-order valence-corrected chi connectivity index (χ1v) is 13.1. The molecule has 4 aromatic carbocycles. The van der Waals surface area contributed by atoms with Crippen molar-refractivity contribution in [2.24, 2.45) is 0 Å². The van der Waals surface area contributed by atoms with Crippen LogP contribution in [0.2, 0.25) is 0 Å². The highest BCUT2D eigenvalue weighted by atomic mass is 19.4. The molecule has 42 heavy (non-hydrogen) atoms. The van der Waals surface area contributed by atoms with Crippen LogP contribution < -0.4 is 10.6 Å². The summed E-state index contributed by atoms with van der Waals surface area (Å²) < 4.78 is 41.6. The molecule has 0 unspecified atom stereocenters. The number of carbonyl (C=O) groups excluding carboxylic acids is 1. The van der Waals surface area contributed by atoms with E-state index in [9.17, 15) is 22.8 Å². The van der Waals surface area contributed by atoms with Gasteiger partial charge in [-0.05, 0) is 64.6 Å². The first-order chi connectivity index (χ1) is 20.2. The Bertz CT molecular complexity index is 1740. The molecule has 0 aliphatic heterocycles. The Morgan fingerprint density at radius 2 is 1.57 bits per heavy atom. The first kappa shape index (κ1) is 28.4. The maximum atomic E-state index is 13.9. The van der Waals surface area contributed by atoms with Gasteiger partial charge in [0.1, 0.15) is 6.54 Å². The molecule has 3 N–H and O–H groups in total. The largest absolute Gasteiger partial charge is 0.480 e. The van der Waals surface area contributed by atoms with Crippen molar-refractivity contribution < 1.29 is 27.9 Å². The number of carboxylic acid groups (broad SMARTS) is 1. The average molecular weight is 570 g/mol. The molecule has 0 saturated carbocycles. The number of nitrogens with one attached hydrogen (secondary N) is 2. The normalized spacial score (nSPS) is 11.3. The molecule has 1 aromatic heterocycles. The number of pyridine rings is 1. The standard InChI is InChI=1S/C33H26F3N3O3/c34-33(35,36)28-11-5-10-27-30(25(19-38-31(27)28)16-21-6-2-1-3-7-21)24-8-4-9-26(17-24)37-18-22-12-14-23(15-13-22)32(42)39-20-29(40)41/h1-15,17,19,37H,16,18,20H2,(H,39,42)(H,40,41). The second-order valence-electron chi connectivity index (χ2n) is 9.73. The number of nitrogens with zero attached hydrogens (tertiary/aromatic N) is 1. The summed E-state index contributed by atoms with van der Waals surface area (Å²) in [6, 6.07) is 28.1. The summed E-state index contributed by atoms with van der Waals surface area (Å²) in [5, 5.41) is 14.8. The van der Waals surface area contributed by atoms with E-state index in [1.165, 1.54) is 12.3 Å². The minimum atomic E-state index is -4.54. The number of halogens is 3. The molecular weight excluding hydrogens is 543 g/mol. The highest BCUT2D eigenvalue weighted by molar-refractivity contribution is 5.98. The summed E-state index contributed by atoms with van der Waals surface area (Å²) in [5.41, 5.74) is 4.38. The Hall–Kier alpha value is -5.18. The number of rotatable bonds is 9. The van der Waals surface area contributed by atoms with Gasteiger partial charge in [-0.1, -0.05) is 66.7 Å². The number of anilines is 1. The molecule has 1 amide bonds. The fraction of sp³-hybridized carbons (Fsp3) is 0.121. The molecule has 212 valence electrons. The van der Waals surface area contributed by atoms with E-state index in [1.807, 2.05) is 54.6 Å². The maximum Gasteiger partial charge on any atom is 0.418 e. The van der Waals surface area contributed by atoms with E-state index >= 15 is 0 Å². The van der Waals surface area contributed by atoms with E-state index in [0.717, 1.165) is 34.0 Å². The summed E-state index contributed by atoms with van der Waals surface area (Å²) in [6.45, 7) is -0.0392. The topological polar surface area (TPSA) is 91.3 Å². The van der Waals surface area contributed by atoms with Crippen LogP contribution in [-0.2, 0) is 23.9 Å². The highest BCUT2D eigenvalue weighted by Gasteiger charge is 2.33. The van der Waals surface area contributed by atoms with Gasteiger partial charge >= 0.3 is 12.1 Å². The third kappa shape index (κ3) is 6.58. The first-order valence-electron chi connectivity index (χ1n) is 13.1. The molecule has 0 bridgehead atoms. The Morgan fingerprint density at radius 3 is 2.29 bits per heavy atom. The van der Waals surface area contributed by atoms with E-state index in [-0.39, 0.29) is 5.52 Å². The monoisotopic (exact) mass is 569 g/mol. The summed E-state index contributed by atoms with van der Waals surface area (Å²) >= 11 is 0. The summed E-state index contributed by atoms with van der Waals surface area (Å²) in [7, 11) is 0. The van der Waals surface area contributed by atoms with Crippen molar-refractivity contribution in [3.8, 4) is 11.1 Å². The smallest absolute Gasteiger partial charge is 0.418 e. The molecule has 0 aliphatic carbocycles. The van der Waals surface area contributed by atoms with Crippen LogP contribution >= 0.6 is 0 Å². The number of aliphatic carboxylic acids is 1. The molecule has 0 atom stereocenters. The molecule has 9 heteroatoms. The lowest BCUT2D eigenvalue weighted by atomic mass is 9.91. The van der Waals surface area contributed by atoms with Crippen LogP contribution in [0.1, 0.15) is 32.6 Å². The molecule has 0 fully saturated rings. The van der Waals surface area contributed by atoms with Crippen LogP contribution in [0.25, 0.3) is 22.0 Å². The number of carboxylic acids is 1. The van der Waals surface area contributed by atoms with Crippen LogP contribution in [-0.4, -0.2) is 28.5 Å². The number of amides is 1. The van der Waals surface area contributed by atoms with E-state index in [0.29, 0.717) is 29.5 Å². The van der Waals surface area contributed by atoms with Gasteiger partial charge in [0, 0.05) is 29.4 Å². The van der Waals surface area contributed by atoms with Crippen molar-refractivity contribution in [3.05, 3.63) is 131 Å². The lowest BCUT2D eigenvalue weighted by Crippen LogP contribution is -2.29. The number of benzene rings is 4. The van der Waals surface area contributed by atoms with Crippen molar-refractivity contribution in [1.82, 2.24) is 10.3 Å². The van der Waals surface area contributed by atoms with Crippen molar-refractivity contribution >= 4 is 28.5 Å². The Balaban J connectivity index is 1.45. The predicted molar refractivity (Wildman–Crippen MR) is 155 cm³/mol. The van der Waals surface area contributed by atoms with Crippen molar-refractivity contribution in [1.29, 1.82) is 0 Å². The van der Waals surface area contributed by atoms with E-state index in [4.69, 9.17) is 5.11 Å². The van der Waals surface area contributed by atoms with Crippen molar-refractivity contribution in [3.63, 3.8) is 0 Å². The average Bonchev–Trinajstić information content (AvgIpc) is 2.99. The zero-order chi connectivity index (χ0) is 29.7. The van der Waals surface area contributed by atoms with Crippen molar-refractivity contribution in [2.45, 2.75) is 19.1 Å². The molecule has 5 rings (SSSR count). The number of fused-ring (bicyclic) bond motifs is 1. The number of para-hydroxylation sites is 1. The SMILES string of the molecule is O=C(O)CNC(=O)c1ccc(CNc2cccc(-c3c(Cc4ccccc4)cnc4c(C(F)(F)F)cccc34)c2)cc1. The van der Waals surface area contributed by atoms with Gasteiger partial charge in [-0.25, -0.2) is 0 Å². The van der Waals surface area contributed by atoms with E-state index < -0.39 is 30.2 Å². The van der Waals surface area contributed by atoms with Gasteiger partial charge in [-0.15, -0.1) is 0 Å². The van der Waals surface area contributed by atoms with Gasteiger partial charge < -0.3 is 15.7 Å². The minimum absolute atomic E-state index is 0.0948. The zero-order valence-corrected chi connectivity index (χ0v) is 22.3. The predicted octanol–water partition coefficient (Wildman–Crippen LogP) is 6.94. The van der Waals surface area contributed by atoms with Gasteiger partial charge in [-0.2, -0.15) is 13.2 Å². The van der Waals surface area contributed by atoms with Gasteiger partial charge in [0.25, 0.3) is 5.91 Å². The highest BCUT2D eigenvalue weighted by Crippen LogP contribution is 2.39. The van der Waals surface area contributed by atoms with Crippen LogP contribution in [0.5, 0.6) is 0 Å². The maximum absolute atomic E-state index is 13.9. The van der Waals surface area contributed by atoms with Gasteiger partial charge in [0.2, 0.25) is 0 Å². The summed E-state index contributed by atoms with van der Waals surface area (Å²) in [4.78, 5) is 27.0. The summed E-state index contributed by atoms with van der Waals surface area (Å²) in [6.07, 6.45) is -2.51. The van der Waals surface area contributed by atoms with E-state index in [2.05, 4.69) is 15.6 Å². The fourth-order valence-electron chi connectivity index (χ4n) is 4.80. The number of hydrogen-bond acceptors (Lipinski definition) is 4. The lowest BCUT2D eigenvalue weighted by molar-refractivity contribution is -0.137. The third-order valence-electron chi connectivity index (χ3n) is 6.78. The van der Waals surface area contributed by atoms with Gasteiger partial charge in [-0.3, -0.25) is 14.6 Å². The molecule has 0 saturated heterocycles. The Kier molecular flexibility index (Phi) is 8.19. The summed E-state index contributed by atoms with van der Waals surface area (Å²) in [5.74, 6) is -1.60.